The second-order valence-electron chi connectivity index (χ2n) is 12.7. The van der Waals surface area contributed by atoms with Crippen LogP contribution in [0.3, 0.4) is 0 Å². The van der Waals surface area contributed by atoms with E-state index < -0.39 is 5.82 Å². The predicted molar refractivity (Wildman–Crippen MR) is 155 cm³/mol. The second-order valence-corrected chi connectivity index (χ2v) is 12.7. The van der Waals surface area contributed by atoms with Crippen molar-refractivity contribution in [3.8, 4) is 17.7 Å². The molecule has 9 nitrogen and oxygen atoms in total. The Morgan fingerprint density at radius 1 is 1.20 bits per heavy atom. The van der Waals surface area contributed by atoms with Crippen LogP contribution in [0.4, 0.5) is 10.2 Å². The number of carbonyl (C=O) groups is 1. The normalized spacial score (nSPS) is 20.7. The zero-order valence-electron chi connectivity index (χ0n) is 24.6. The smallest absolute Gasteiger partial charge is 0.258 e. The van der Waals surface area contributed by atoms with Gasteiger partial charge in [-0.05, 0) is 89.3 Å². The number of amides is 1. The minimum Gasteiger partial charge on any atom is -0.451 e. The Labute approximate surface area is 242 Å². The summed E-state index contributed by atoms with van der Waals surface area (Å²) in [7, 11) is 0. The van der Waals surface area contributed by atoms with Crippen molar-refractivity contribution in [1.82, 2.24) is 25.1 Å². The number of likely N-dealkylation sites (tertiary alicyclic amines) is 1. The lowest BCUT2D eigenvalue weighted by molar-refractivity contribution is -0.0390. The third-order valence-electron chi connectivity index (χ3n) is 8.93. The second kappa shape index (κ2) is 12.2. The molecule has 1 aromatic carbocycles. The Balaban J connectivity index is 1.23. The number of aromatic nitrogens is 2. The van der Waals surface area contributed by atoms with Gasteiger partial charge in [-0.2, -0.15) is 5.26 Å². The van der Waals surface area contributed by atoms with Gasteiger partial charge in [-0.3, -0.25) is 4.79 Å². The number of benzene rings is 1. The van der Waals surface area contributed by atoms with Gasteiger partial charge in [0.05, 0.1) is 11.8 Å². The van der Waals surface area contributed by atoms with E-state index in [4.69, 9.17) is 10.00 Å². The highest BCUT2D eigenvalue weighted by Gasteiger charge is 2.45. The van der Waals surface area contributed by atoms with Crippen LogP contribution in [0, 0.1) is 28.6 Å². The van der Waals surface area contributed by atoms with Gasteiger partial charge in [0.2, 0.25) is 0 Å². The fourth-order valence-electron chi connectivity index (χ4n) is 7.05. The SMILES string of the molecule is CC(C)N(C(=O)c1cc(F)ccc1Oc1cncnc1N1CC[C@@H](CN2CC3(CCC(NC#N)CC3)C2)C1)C(C)C. The number of rotatable bonds is 9. The molecule has 1 saturated carbocycles. The summed E-state index contributed by atoms with van der Waals surface area (Å²) in [5, 5.41) is 11.8. The topological polar surface area (TPSA) is 97.6 Å². The van der Waals surface area contributed by atoms with Crippen molar-refractivity contribution in [2.45, 2.75) is 77.9 Å². The molecular formula is C31H42FN7O2. The molecule has 2 aliphatic heterocycles. The number of nitriles is 1. The molecule has 1 N–H and O–H groups in total. The molecule has 5 rings (SSSR count). The Morgan fingerprint density at radius 2 is 1.93 bits per heavy atom. The molecule has 1 aromatic heterocycles. The summed E-state index contributed by atoms with van der Waals surface area (Å²) in [6.45, 7) is 12.9. The van der Waals surface area contributed by atoms with E-state index in [1.165, 1.54) is 37.4 Å². The highest BCUT2D eigenvalue weighted by molar-refractivity contribution is 5.97. The van der Waals surface area contributed by atoms with Crippen LogP contribution in [0.15, 0.2) is 30.7 Å². The van der Waals surface area contributed by atoms with Gasteiger partial charge in [0.15, 0.2) is 17.8 Å². The number of carbonyl (C=O) groups excluding carboxylic acids is 1. The fraction of sp³-hybridized carbons (Fsp3) is 0.613. The first-order valence-electron chi connectivity index (χ1n) is 14.9. The lowest BCUT2D eigenvalue weighted by atomic mass is 9.67. The average molecular weight is 564 g/mol. The van der Waals surface area contributed by atoms with Crippen LogP contribution in [0.25, 0.3) is 0 Å². The average Bonchev–Trinajstić information content (AvgIpc) is 3.38. The molecule has 1 amide bonds. The van der Waals surface area contributed by atoms with Crippen molar-refractivity contribution < 1.29 is 13.9 Å². The maximum Gasteiger partial charge on any atom is 0.258 e. The number of ether oxygens (including phenoxy) is 1. The molecule has 2 aromatic rings. The molecule has 220 valence electrons. The number of halogens is 1. The fourth-order valence-corrected chi connectivity index (χ4v) is 7.05. The lowest BCUT2D eigenvalue weighted by Crippen LogP contribution is -2.59. The molecule has 3 fully saturated rings. The molecule has 1 atom stereocenters. The molecular weight excluding hydrogens is 521 g/mol. The van der Waals surface area contributed by atoms with Crippen LogP contribution in [0.5, 0.6) is 11.5 Å². The number of anilines is 1. The summed E-state index contributed by atoms with van der Waals surface area (Å²) in [4.78, 5) is 28.8. The first-order valence-corrected chi connectivity index (χ1v) is 14.9. The molecule has 0 bridgehead atoms. The van der Waals surface area contributed by atoms with Crippen LogP contribution in [-0.4, -0.2) is 76.5 Å². The van der Waals surface area contributed by atoms with E-state index >= 15 is 0 Å². The molecule has 3 aliphatic rings. The van der Waals surface area contributed by atoms with Crippen LogP contribution < -0.4 is 15.0 Å². The summed E-state index contributed by atoms with van der Waals surface area (Å²) in [5.74, 6) is 1.21. The van der Waals surface area contributed by atoms with Gasteiger partial charge >= 0.3 is 0 Å². The largest absolute Gasteiger partial charge is 0.451 e. The minimum absolute atomic E-state index is 0.0485. The minimum atomic E-state index is -0.486. The molecule has 1 aliphatic carbocycles. The molecule has 41 heavy (non-hydrogen) atoms. The Bertz CT molecular complexity index is 1260. The van der Waals surface area contributed by atoms with Crippen LogP contribution in [0.1, 0.15) is 70.2 Å². The van der Waals surface area contributed by atoms with Gasteiger partial charge in [0.25, 0.3) is 5.91 Å². The van der Waals surface area contributed by atoms with E-state index in [1.54, 1.807) is 11.1 Å². The highest BCUT2D eigenvalue weighted by atomic mass is 19.1. The Hall–Kier alpha value is -3.45. The molecule has 10 heteroatoms. The van der Waals surface area contributed by atoms with E-state index in [1.807, 2.05) is 27.7 Å². The van der Waals surface area contributed by atoms with Crippen LogP contribution in [0.2, 0.25) is 0 Å². The van der Waals surface area contributed by atoms with E-state index in [0.29, 0.717) is 34.7 Å². The molecule has 1 spiro atoms. The third kappa shape index (κ3) is 6.40. The van der Waals surface area contributed by atoms with Gasteiger partial charge in [0, 0.05) is 50.8 Å². The van der Waals surface area contributed by atoms with Crippen molar-refractivity contribution in [3.63, 3.8) is 0 Å². The van der Waals surface area contributed by atoms with Gasteiger partial charge in [-0.1, -0.05) is 0 Å². The van der Waals surface area contributed by atoms with Gasteiger partial charge in [-0.25, -0.2) is 14.4 Å². The van der Waals surface area contributed by atoms with E-state index in [0.717, 1.165) is 52.0 Å². The monoisotopic (exact) mass is 563 g/mol. The number of hydrogen-bond donors (Lipinski definition) is 1. The van der Waals surface area contributed by atoms with Gasteiger partial charge in [0.1, 0.15) is 17.9 Å². The van der Waals surface area contributed by atoms with E-state index in [9.17, 15) is 9.18 Å². The summed E-state index contributed by atoms with van der Waals surface area (Å²) in [6, 6.07) is 4.32. The Morgan fingerprint density at radius 3 is 2.61 bits per heavy atom. The molecule has 2 saturated heterocycles. The first-order chi connectivity index (χ1) is 19.7. The summed E-state index contributed by atoms with van der Waals surface area (Å²) >= 11 is 0. The zero-order chi connectivity index (χ0) is 29.1. The van der Waals surface area contributed by atoms with Crippen molar-refractivity contribution in [2.75, 3.05) is 37.6 Å². The summed E-state index contributed by atoms with van der Waals surface area (Å²) in [6.07, 6.45) is 10.9. The van der Waals surface area contributed by atoms with Crippen molar-refractivity contribution in [3.05, 3.63) is 42.1 Å². The number of nitrogens with zero attached hydrogens (tertiary/aromatic N) is 6. The zero-order valence-corrected chi connectivity index (χ0v) is 24.6. The number of nitrogens with one attached hydrogen (secondary N) is 1. The lowest BCUT2D eigenvalue weighted by Gasteiger charge is -2.54. The molecule has 3 heterocycles. The van der Waals surface area contributed by atoms with E-state index in [2.05, 4.69) is 31.3 Å². The maximum absolute atomic E-state index is 14.3. The number of hydrogen-bond acceptors (Lipinski definition) is 8. The highest BCUT2D eigenvalue weighted by Crippen LogP contribution is 2.44. The van der Waals surface area contributed by atoms with Crippen LogP contribution in [-0.2, 0) is 0 Å². The quantitative estimate of drug-likeness (QED) is 0.343. The van der Waals surface area contributed by atoms with Gasteiger partial charge in [-0.15, -0.1) is 0 Å². The van der Waals surface area contributed by atoms with Crippen LogP contribution >= 0.6 is 0 Å². The first kappa shape index (κ1) is 29.1. The standard InChI is InChI=1S/C31H42FN7O2/c1-21(2)39(22(3)4)30(40)26-13-24(32)5-6-27(26)41-28-14-34-20-36-29(28)38-12-9-23(16-38)15-37-17-31(18-37)10-7-25(8-11-31)35-19-33/h5-6,13-14,20-23,25,35H,7-12,15-18H2,1-4H3/t23-/m0/s1. The molecule has 0 unspecified atom stereocenters. The summed E-state index contributed by atoms with van der Waals surface area (Å²) in [5.41, 5.74) is 0.621. The van der Waals surface area contributed by atoms with Crippen molar-refractivity contribution >= 4 is 11.7 Å². The van der Waals surface area contributed by atoms with Crippen molar-refractivity contribution in [1.29, 1.82) is 5.26 Å². The van der Waals surface area contributed by atoms with Crippen molar-refractivity contribution in [2.24, 2.45) is 11.3 Å². The van der Waals surface area contributed by atoms with Gasteiger partial charge < -0.3 is 24.8 Å². The third-order valence-corrected chi connectivity index (χ3v) is 8.93. The predicted octanol–water partition coefficient (Wildman–Crippen LogP) is 4.81. The van der Waals surface area contributed by atoms with E-state index in [-0.39, 0.29) is 23.6 Å². The summed E-state index contributed by atoms with van der Waals surface area (Å²) < 4.78 is 20.6. The molecule has 0 radical (unpaired) electrons. The Kier molecular flexibility index (Phi) is 8.64. The maximum atomic E-state index is 14.3.